The first kappa shape index (κ1) is 23.8. The molecule has 1 unspecified atom stereocenters. The molecular weight excluding hydrogens is 445 g/mol. The number of halogens is 1. The van der Waals surface area contributed by atoms with E-state index in [4.69, 9.17) is 4.74 Å². The van der Waals surface area contributed by atoms with Crippen molar-refractivity contribution in [3.8, 4) is 11.4 Å². The monoisotopic (exact) mass is 479 g/mol. The smallest absolute Gasteiger partial charge is 0.262 e. The summed E-state index contributed by atoms with van der Waals surface area (Å²) in [6, 6.07) is 12.6. The fourth-order valence-electron chi connectivity index (χ4n) is 5.16. The summed E-state index contributed by atoms with van der Waals surface area (Å²) in [5.74, 6) is 0.401. The van der Waals surface area contributed by atoms with Crippen molar-refractivity contribution in [2.75, 3.05) is 37.7 Å². The molecule has 1 N–H and O–H groups in total. The molecule has 2 aliphatic heterocycles. The van der Waals surface area contributed by atoms with Gasteiger partial charge in [-0.25, -0.2) is 4.39 Å². The summed E-state index contributed by atoms with van der Waals surface area (Å²) in [6.45, 7) is 8.07. The van der Waals surface area contributed by atoms with E-state index in [2.05, 4.69) is 9.80 Å². The molecule has 2 atom stereocenters. The minimum Gasteiger partial charge on any atom is -0.491 e. The largest absolute Gasteiger partial charge is 0.491 e. The van der Waals surface area contributed by atoms with E-state index in [9.17, 15) is 9.90 Å². The highest BCUT2D eigenvalue weighted by molar-refractivity contribution is 5.83. The zero-order chi connectivity index (χ0) is 24.5. The standard InChI is InChI=1S/C28H34FN3O3/c1-19(2)27(33)18-35-23-6-7-24-20(15-23)9-14-32(28(24)34)21-5-8-26(25(29)16-21)31-13-10-22(17-31)30-11-3-4-12-30/h5-9,14-16,19,22,27,33H,3-4,10-13,17-18H2,1-2H3/t22-,27?/m1/s1. The number of hydrogen-bond acceptors (Lipinski definition) is 5. The van der Waals surface area contributed by atoms with Gasteiger partial charge in [-0.2, -0.15) is 0 Å². The number of likely N-dealkylation sites (tertiary alicyclic amines) is 1. The fourth-order valence-corrected chi connectivity index (χ4v) is 5.16. The predicted molar refractivity (Wildman–Crippen MR) is 137 cm³/mol. The van der Waals surface area contributed by atoms with Gasteiger partial charge in [0.05, 0.1) is 17.5 Å². The summed E-state index contributed by atoms with van der Waals surface area (Å²) in [5.41, 5.74) is 0.905. The van der Waals surface area contributed by atoms with E-state index in [1.54, 1.807) is 30.5 Å². The molecule has 0 bridgehead atoms. The van der Waals surface area contributed by atoms with Crippen molar-refractivity contribution in [3.63, 3.8) is 0 Å². The fraction of sp³-hybridized carbons (Fsp3) is 0.464. The second kappa shape index (κ2) is 9.99. The molecule has 0 radical (unpaired) electrons. The summed E-state index contributed by atoms with van der Waals surface area (Å²) in [6.07, 6.45) is 4.70. The normalized spacial score (nSPS) is 19.7. The predicted octanol–water partition coefficient (Wildman–Crippen LogP) is 4.20. The average molecular weight is 480 g/mol. The van der Waals surface area contributed by atoms with Crippen molar-refractivity contribution in [2.24, 2.45) is 5.92 Å². The van der Waals surface area contributed by atoms with Crippen LogP contribution in [0.4, 0.5) is 10.1 Å². The van der Waals surface area contributed by atoms with Gasteiger partial charge in [-0.3, -0.25) is 14.3 Å². The molecule has 6 nitrogen and oxygen atoms in total. The van der Waals surface area contributed by atoms with Crippen LogP contribution in [0.2, 0.25) is 0 Å². The van der Waals surface area contributed by atoms with Crippen LogP contribution in [0.1, 0.15) is 33.1 Å². The zero-order valence-electron chi connectivity index (χ0n) is 20.5. The molecule has 35 heavy (non-hydrogen) atoms. The number of benzene rings is 2. The lowest BCUT2D eigenvalue weighted by Gasteiger charge is -2.25. The van der Waals surface area contributed by atoms with Crippen molar-refractivity contribution in [2.45, 2.75) is 45.3 Å². The molecule has 3 aromatic rings. The molecule has 1 aromatic heterocycles. The van der Waals surface area contributed by atoms with Gasteiger partial charge in [-0.05, 0) is 80.1 Å². The van der Waals surface area contributed by atoms with Crippen LogP contribution < -0.4 is 15.2 Å². The van der Waals surface area contributed by atoms with E-state index in [-0.39, 0.29) is 23.9 Å². The molecule has 0 spiro atoms. The Balaban J connectivity index is 1.34. The van der Waals surface area contributed by atoms with E-state index >= 15 is 4.39 Å². The average Bonchev–Trinajstić information content (AvgIpc) is 3.55. The van der Waals surface area contributed by atoms with Crippen LogP contribution in [0.5, 0.6) is 5.75 Å². The maximum atomic E-state index is 15.2. The van der Waals surface area contributed by atoms with Crippen molar-refractivity contribution < 1.29 is 14.2 Å². The Morgan fingerprint density at radius 3 is 2.63 bits per heavy atom. The van der Waals surface area contributed by atoms with Crippen LogP contribution in [0.15, 0.2) is 53.5 Å². The third kappa shape index (κ3) is 4.93. The Hall–Kier alpha value is -2.90. The number of rotatable bonds is 7. The second-order valence-electron chi connectivity index (χ2n) is 10.1. The van der Waals surface area contributed by atoms with Gasteiger partial charge in [0.2, 0.25) is 0 Å². The van der Waals surface area contributed by atoms with Crippen molar-refractivity contribution in [3.05, 3.63) is 64.8 Å². The summed E-state index contributed by atoms with van der Waals surface area (Å²) >= 11 is 0. The van der Waals surface area contributed by atoms with Gasteiger partial charge in [0.15, 0.2) is 0 Å². The number of aliphatic hydroxyl groups excluding tert-OH is 1. The van der Waals surface area contributed by atoms with Crippen LogP contribution >= 0.6 is 0 Å². The first-order chi connectivity index (χ1) is 16.9. The Bertz CT molecular complexity index is 1250. The third-order valence-corrected chi connectivity index (χ3v) is 7.44. The zero-order valence-corrected chi connectivity index (χ0v) is 20.5. The lowest BCUT2D eigenvalue weighted by molar-refractivity contribution is 0.0702. The highest BCUT2D eigenvalue weighted by Gasteiger charge is 2.30. The number of aliphatic hydroxyl groups is 1. The Morgan fingerprint density at radius 1 is 1.09 bits per heavy atom. The molecule has 0 saturated carbocycles. The highest BCUT2D eigenvalue weighted by atomic mass is 19.1. The lowest BCUT2D eigenvalue weighted by atomic mass is 10.1. The lowest BCUT2D eigenvalue weighted by Crippen LogP contribution is -2.35. The van der Waals surface area contributed by atoms with Gasteiger partial charge < -0.3 is 14.7 Å². The van der Waals surface area contributed by atoms with E-state index in [1.165, 1.54) is 23.5 Å². The van der Waals surface area contributed by atoms with E-state index in [0.29, 0.717) is 28.6 Å². The molecule has 2 aliphatic rings. The molecule has 5 rings (SSSR count). The highest BCUT2D eigenvalue weighted by Crippen LogP contribution is 2.29. The quantitative estimate of drug-likeness (QED) is 0.551. The Morgan fingerprint density at radius 2 is 1.89 bits per heavy atom. The summed E-state index contributed by atoms with van der Waals surface area (Å²) in [4.78, 5) is 17.8. The molecule has 2 fully saturated rings. The molecule has 0 aliphatic carbocycles. The number of nitrogens with zero attached hydrogens (tertiary/aromatic N) is 3. The maximum Gasteiger partial charge on any atom is 0.262 e. The topological polar surface area (TPSA) is 57.9 Å². The first-order valence-electron chi connectivity index (χ1n) is 12.7. The van der Waals surface area contributed by atoms with E-state index < -0.39 is 6.10 Å². The summed E-state index contributed by atoms with van der Waals surface area (Å²) in [5, 5.41) is 11.2. The number of pyridine rings is 1. The van der Waals surface area contributed by atoms with Gasteiger partial charge >= 0.3 is 0 Å². The Labute approximate surface area is 205 Å². The van der Waals surface area contributed by atoms with E-state index in [0.717, 1.165) is 38.0 Å². The van der Waals surface area contributed by atoms with Gasteiger partial charge in [0.1, 0.15) is 18.2 Å². The third-order valence-electron chi connectivity index (χ3n) is 7.44. The van der Waals surface area contributed by atoms with Gasteiger partial charge in [-0.1, -0.05) is 13.8 Å². The number of hydrogen-bond donors (Lipinski definition) is 1. The molecule has 7 heteroatoms. The molecule has 3 heterocycles. The van der Waals surface area contributed by atoms with E-state index in [1.807, 2.05) is 26.0 Å². The summed E-state index contributed by atoms with van der Waals surface area (Å²) < 4.78 is 22.4. The van der Waals surface area contributed by atoms with Crippen LogP contribution in [0, 0.1) is 11.7 Å². The molecule has 2 saturated heterocycles. The van der Waals surface area contributed by atoms with Gasteiger partial charge in [-0.15, -0.1) is 0 Å². The second-order valence-corrected chi connectivity index (χ2v) is 10.1. The Kier molecular flexibility index (Phi) is 6.80. The molecule has 186 valence electrons. The number of fused-ring (bicyclic) bond motifs is 1. The molecule has 2 aromatic carbocycles. The number of anilines is 1. The number of aromatic nitrogens is 1. The number of ether oxygens (including phenoxy) is 1. The minimum atomic E-state index is -0.553. The SMILES string of the molecule is CC(C)C(O)COc1ccc2c(=O)n(-c3ccc(N4CC[C@@H](N5CCCC5)C4)c(F)c3)ccc2c1. The van der Waals surface area contributed by atoms with Crippen molar-refractivity contribution in [1.29, 1.82) is 0 Å². The van der Waals surface area contributed by atoms with Crippen LogP contribution in [0.3, 0.4) is 0 Å². The summed E-state index contributed by atoms with van der Waals surface area (Å²) in [7, 11) is 0. The molecular formula is C28H34FN3O3. The van der Waals surface area contributed by atoms with Crippen LogP contribution in [-0.4, -0.2) is 59.5 Å². The van der Waals surface area contributed by atoms with Crippen LogP contribution in [-0.2, 0) is 0 Å². The van der Waals surface area contributed by atoms with Gasteiger partial charge in [0.25, 0.3) is 5.56 Å². The van der Waals surface area contributed by atoms with Gasteiger partial charge in [0, 0.05) is 36.8 Å². The van der Waals surface area contributed by atoms with Crippen molar-refractivity contribution in [1.82, 2.24) is 9.47 Å². The first-order valence-corrected chi connectivity index (χ1v) is 12.7. The van der Waals surface area contributed by atoms with Crippen LogP contribution in [0.25, 0.3) is 16.5 Å². The van der Waals surface area contributed by atoms with Crippen molar-refractivity contribution >= 4 is 16.5 Å². The minimum absolute atomic E-state index is 0.103. The molecule has 0 amide bonds. The maximum absolute atomic E-state index is 15.2.